The predicted molar refractivity (Wildman–Crippen MR) is 69.7 cm³/mol. The maximum absolute atomic E-state index is 12.2. The molecule has 1 saturated heterocycles. The second kappa shape index (κ2) is 5.68. The molecule has 1 aromatic rings. The van der Waals surface area contributed by atoms with E-state index in [0.717, 1.165) is 6.07 Å². The van der Waals surface area contributed by atoms with Crippen molar-refractivity contribution in [2.24, 2.45) is 0 Å². The van der Waals surface area contributed by atoms with Gasteiger partial charge in [0.2, 0.25) is 0 Å². The third kappa shape index (κ3) is 2.93. The van der Waals surface area contributed by atoms with Crippen LogP contribution in [0.4, 0.5) is 4.79 Å². The summed E-state index contributed by atoms with van der Waals surface area (Å²) >= 11 is 0. The summed E-state index contributed by atoms with van der Waals surface area (Å²) < 4.78 is 4.62. The van der Waals surface area contributed by atoms with Crippen molar-refractivity contribution in [3.63, 3.8) is 0 Å². The SMILES string of the molecule is COC(=O)N1CCN(C(=O)c2cc(O)cc(O)c2)CC1. The first kappa shape index (κ1) is 14.0. The number of methoxy groups -OCH3 is 1. The van der Waals surface area contributed by atoms with Gasteiger partial charge < -0.3 is 24.7 Å². The smallest absolute Gasteiger partial charge is 0.409 e. The van der Waals surface area contributed by atoms with Crippen molar-refractivity contribution in [2.45, 2.75) is 0 Å². The van der Waals surface area contributed by atoms with Gasteiger partial charge in [0.25, 0.3) is 5.91 Å². The second-order valence-electron chi connectivity index (χ2n) is 4.49. The van der Waals surface area contributed by atoms with Crippen LogP contribution in [0.2, 0.25) is 0 Å². The molecule has 0 aliphatic carbocycles. The Balaban J connectivity index is 2.03. The van der Waals surface area contributed by atoms with E-state index < -0.39 is 6.09 Å². The van der Waals surface area contributed by atoms with Gasteiger partial charge in [-0.2, -0.15) is 0 Å². The van der Waals surface area contributed by atoms with Crippen molar-refractivity contribution in [1.82, 2.24) is 9.80 Å². The quantitative estimate of drug-likeness (QED) is 0.787. The lowest BCUT2D eigenvalue weighted by atomic mass is 10.1. The number of rotatable bonds is 1. The highest BCUT2D eigenvalue weighted by Gasteiger charge is 2.25. The van der Waals surface area contributed by atoms with Gasteiger partial charge in [-0.1, -0.05) is 0 Å². The van der Waals surface area contributed by atoms with E-state index in [4.69, 9.17) is 0 Å². The van der Waals surface area contributed by atoms with E-state index >= 15 is 0 Å². The van der Waals surface area contributed by atoms with Crippen LogP contribution in [0.25, 0.3) is 0 Å². The van der Waals surface area contributed by atoms with E-state index in [9.17, 15) is 19.8 Å². The molecule has 7 nitrogen and oxygen atoms in total. The standard InChI is InChI=1S/C13H16N2O5/c1-20-13(19)15-4-2-14(3-5-15)12(18)9-6-10(16)8-11(17)7-9/h6-8,16-17H,2-5H2,1H3. The summed E-state index contributed by atoms with van der Waals surface area (Å²) in [6.07, 6.45) is -0.410. The molecule has 1 fully saturated rings. The molecule has 0 aromatic heterocycles. The van der Waals surface area contributed by atoms with Crippen LogP contribution in [0.15, 0.2) is 18.2 Å². The average molecular weight is 280 g/mol. The lowest BCUT2D eigenvalue weighted by Crippen LogP contribution is -2.50. The fraction of sp³-hybridized carbons (Fsp3) is 0.385. The second-order valence-corrected chi connectivity index (χ2v) is 4.49. The van der Waals surface area contributed by atoms with Gasteiger partial charge in [-0.25, -0.2) is 4.79 Å². The molecule has 2 rings (SSSR count). The number of piperazine rings is 1. The lowest BCUT2D eigenvalue weighted by Gasteiger charge is -2.33. The van der Waals surface area contributed by atoms with Gasteiger partial charge in [-0.05, 0) is 12.1 Å². The third-order valence-corrected chi connectivity index (χ3v) is 3.15. The van der Waals surface area contributed by atoms with Gasteiger partial charge in [0.05, 0.1) is 7.11 Å². The lowest BCUT2D eigenvalue weighted by molar-refractivity contribution is 0.0599. The van der Waals surface area contributed by atoms with Crippen LogP contribution in [0, 0.1) is 0 Å². The van der Waals surface area contributed by atoms with Crippen LogP contribution >= 0.6 is 0 Å². The number of benzene rings is 1. The zero-order chi connectivity index (χ0) is 14.7. The molecule has 20 heavy (non-hydrogen) atoms. The first-order chi connectivity index (χ1) is 9.51. The Morgan fingerprint density at radius 3 is 2.00 bits per heavy atom. The van der Waals surface area contributed by atoms with Crippen LogP contribution in [0.3, 0.4) is 0 Å². The van der Waals surface area contributed by atoms with Crippen molar-refractivity contribution < 1.29 is 24.5 Å². The Kier molecular flexibility index (Phi) is 3.97. The summed E-state index contributed by atoms with van der Waals surface area (Å²) in [6.45, 7) is 1.54. The van der Waals surface area contributed by atoms with Crippen LogP contribution in [-0.2, 0) is 4.74 Å². The van der Waals surface area contributed by atoms with Gasteiger partial charge in [0, 0.05) is 37.8 Å². The molecule has 1 aromatic carbocycles. The van der Waals surface area contributed by atoms with Gasteiger partial charge in [-0.15, -0.1) is 0 Å². The van der Waals surface area contributed by atoms with E-state index in [2.05, 4.69) is 4.74 Å². The molecule has 2 amide bonds. The van der Waals surface area contributed by atoms with Crippen LogP contribution in [0.1, 0.15) is 10.4 Å². The highest BCUT2D eigenvalue weighted by molar-refractivity contribution is 5.95. The predicted octanol–water partition coefficient (Wildman–Crippen LogP) is 0.622. The van der Waals surface area contributed by atoms with Crippen LogP contribution in [0.5, 0.6) is 11.5 Å². The van der Waals surface area contributed by atoms with Gasteiger partial charge in [-0.3, -0.25) is 4.79 Å². The fourth-order valence-electron chi connectivity index (χ4n) is 2.12. The third-order valence-electron chi connectivity index (χ3n) is 3.15. The molecular formula is C13H16N2O5. The molecule has 1 heterocycles. The van der Waals surface area contributed by atoms with Gasteiger partial charge in [0.15, 0.2) is 0 Å². The average Bonchev–Trinajstić information content (AvgIpc) is 2.45. The zero-order valence-corrected chi connectivity index (χ0v) is 11.1. The monoisotopic (exact) mass is 280 g/mol. The topological polar surface area (TPSA) is 90.3 Å². The fourth-order valence-corrected chi connectivity index (χ4v) is 2.12. The minimum atomic E-state index is -0.410. The summed E-state index contributed by atoms with van der Waals surface area (Å²) in [5.41, 5.74) is 0.217. The number of hydrogen-bond acceptors (Lipinski definition) is 5. The highest BCUT2D eigenvalue weighted by atomic mass is 16.5. The molecule has 1 aliphatic heterocycles. The van der Waals surface area contributed by atoms with Crippen molar-refractivity contribution in [1.29, 1.82) is 0 Å². The van der Waals surface area contributed by atoms with E-state index in [0.29, 0.717) is 26.2 Å². The molecule has 0 saturated carbocycles. The maximum Gasteiger partial charge on any atom is 0.409 e. The number of phenols is 2. The van der Waals surface area contributed by atoms with Crippen molar-refractivity contribution >= 4 is 12.0 Å². The molecule has 0 unspecified atom stereocenters. The minimum absolute atomic E-state index is 0.165. The van der Waals surface area contributed by atoms with Crippen molar-refractivity contribution in [2.75, 3.05) is 33.3 Å². The highest BCUT2D eigenvalue weighted by Crippen LogP contribution is 2.22. The van der Waals surface area contributed by atoms with Gasteiger partial charge >= 0.3 is 6.09 Å². The maximum atomic E-state index is 12.2. The Morgan fingerprint density at radius 2 is 1.50 bits per heavy atom. The Labute approximate surface area is 116 Å². The molecule has 0 bridgehead atoms. The van der Waals surface area contributed by atoms with Crippen molar-refractivity contribution in [3.8, 4) is 11.5 Å². The molecule has 2 N–H and O–H groups in total. The number of aromatic hydroxyl groups is 2. The zero-order valence-electron chi connectivity index (χ0n) is 11.1. The molecule has 7 heteroatoms. The first-order valence-corrected chi connectivity index (χ1v) is 6.16. The van der Waals surface area contributed by atoms with Crippen LogP contribution < -0.4 is 0 Å². The number of ether oxygens (including phenoxy) is 1. The van der Waals surface area contributed by atoms with E-state index in [1.165, 1.54) is 24.1 Å². The Morgan fingerprint density at radius 1 is 1.00 bits per heavy atom. The molecular weight excluding hydrogens is 264 g/mol. The summed E-state index contributed by atoms with van der Waals surface area (Å²) in [5.74, 6) is -0.621. The normalized spacial score (nSPS) is 15.1. The number of carbonyl (C=O) groups is 2. The number of hydrogen-bond donors (Lipinski definition) is 2. The molecule has 108 valence electrons. The van der Waals surface area contributed by atoms with E-state index in [-0.39, 0.29) is 23.0 Å². The molecule has 0 radical (unpaired) electrons. The summed E-state index contributed by atoms with van der Waals surface area (Å²) in [6, 6.07) is 3.76. The summed E-state index contributed by atoms with van der Waals surface area (Å²) in [7, 11) is 1.31. The number of carbonyl (C=O) groups excluding carboxylic acids is 2. The number of amides is 2. The molecule has 0 spiro atoms. The summed E-state index contributed by atoms with van der Waals surface area (Å²) in [5, 5.41) is 18.8. The minimum Gasteiger partial charge on any atom is -0.508 e. The van der Waals surface area contributed by atoms with Gasteiger partial charge in [0.1, 0.15) is 11.5 Å². The van der Waals surface area contributed by atoms with Crippen LogP contribution in [-0.4, -0.2) is 65.3 Å². The Hall–Kier alpha value is -2.44. The van der Waals surface area contributed by atoms with E-state index in [1.54, 1.807) is 4.90 Å². The van der Waals surface area contributed by atoms with E-state index in [1.807, 2.05) is 0 Å². The summed E-state index contributed by atoms with van der Waals surface area (Å²) in [4.78, 5) is 26.6. The molecule has 0 atom stereocenters. The number of phenolic OH excluding ortho intramolecular Hbond substituents is 2. The largest absolute Gasteiger partial charge is 0.508 e. The Bertz CT molecular complexity index is 503. The first-order valence-electron chi connectivity index (χ1n) is 6.16. The van der Waals surface area contributed by atoms with Crippen molar-refractivity contribution in [3.05, 3.63) is 23.8 Å². The number of nitrogens with zero attached hydrogens (tertiary/aromatic N) is 2. The molecule has 1 aliphatic rings.